The van der Waals surface area contributed by atoms with Gasteiger partial charge in [0.2, 0.25) is 0 Å². The topological polar surface area (TPSA) is 42.0 Å². The molecule has 0 amide bonds. The van der Waals surface area contributed by atoms with E-state index in [2.05, 4.69) is 0 Å². The van der Waals surface area contributed by atoms with Crippen molar-refractivity contribution in [3.05, 3.63) is 0 Å². The third-order valence-corrected chi connectivity index (χ3v) is 2.43. The van der Waals surface area contributed by atoms with Gasteiger partial charge in [0.25, 0.3) is 0 Å². The molecule has 0 aromatic carbocycles. The first kappa shape index (κ1) is 7.53. The molecule has 2 heterocycles. The Balaban J connectivity index is 1.67. The Hall–Kier alpha value is -0.120. The molecule has 2 rings (SSSR count). The number of aliphatic hydroxyl groups excluding tert-OH is 1. The molecule has 0 aromatic heterocycles. The van der Waals surface area contributed by atoms with Crippen LogP contribution in [-0.2, 0) is 9.47 Å². The SMILES string of the molecule is OC1COCC1CCC1CO1. The summed E-state index contributed by atoms with van der Waals surface area (Å²) in [6.07, 6.45) is 2.40. The molecular weight excluding hydrogens is 144 g/mol. The number of hydrogen-bond acceptors (Lipinski definition) is 3. The maximum absolute atomic E-state index is 9.36. The highest BCUT2D eigenvalue weighted by Gasteiger charge is 2.29. The number of aliphatic hydroxyl groups is 1. The molecule has 3 nitrogen and oxygen atoms in total. The molecule has 0 spiro atoms. The van der Waals surface area contributed by atoms with Gasteiger partial charge in [-0.3, -0.25) is 0 Å². The summed E-state index contributed by atoms with van der Waals surface area (Å²) in [7, 11) is 0. The maximum Gasteiger partial charge on any atom is 0.0823 e. The number of epoxide rings is 1. The van der Waals surface area contributed by atoms with Crippen molar-refractivity contribution >= 4 is 0 Å². The van der Waals surface area contributed by atoms with Crippen LogP contribution in [0, 0.1) is 5.92 Å². The van der Waals surface area contributed by atoms with Crippen molar-refractivity contribution in [2.75, 3.05) is 19.8 Å². The average molecular weight is 158 g/mol. The smallest absolute Gasteiger partial charge is 0.0823 e. The van der Waals surface area contributed by atoms with Gasteiger partial charge < -0.3 is 14.6 Å². The van der Waals surface area contributed by atoms with Crippen LogP contribution in [0.4, 0.5) is 0 Å². The monoisotopic (exact) mass is 158 g/mol. The summed E-state index contributed by atoms with van der Waals surface area (Å²) in [5, 5.41) is 9.36. The molecule has 0 radical (unpaired) electrons. The van der Waals surface area contributed by atoms with Crippen LogP contribution in [0.1, 0.15) is 12.8 Å². The van der Waals surface area contributed by atoms with E-state index < -0.39 is 0 Å². The van der Waals surface area contributed by atoms with E-state index in [0.29, 0.717) is 18.6 Å². The number of hydrogen-bond donors (Lipinski definition) is 1. The minimum Gasteiger partial charge on any atom is -0.390 e. The fourth-order valence-corrected chi connectivity index (χ4v) is 1.50. The van der Waals surface area contributed by atoms with Gasteiger partial charge in [-0.15, -0.1) is 0 Å². The lowest BCUT2D eigenvalue weighted by molar-refractivity contribution is 0.116. The molecule has 0 saturated carbocycles. The van der Waals surface area contributed by atoms with Gasteiger partial charge in [-0.2, -0.15) is 0 Å². The molecule has 0 aromatic rings. The molecule has 3 unspecified atom stereocenters. The highest BCUT2D eigenvalue weighted by molar-refractivity contribution is 4.77. The summed E-state index contributed by atoms with van der Waals surface area (Å²) < 4.78 is 10.2. The van der Waals surface area contributed by atoms with Crippen molar-refractivity contribution < 1.29 is 14.6 Å². The molecule has 3 heteroatoms. The lowest BCUT2D eigenvalue weighted by atomic mass is 9.99. The van der Waals surface area contributed by atoms with Gasteiger partial charge in [0.15, 0.2) is 0 Å². The van der Waals surface area contributed by atoms with Crippen molar-refractivity contribution in [3.63, 3.8) is 0 Å². The quantitative estimate of drug-likeness (QED) is 0.595. The van der Waals surface area contributed by atoms with E-state index in [9.17, 15) is 5.11 Å². The van der Waals surface area contributed by atoms with Gasteiger partial charge in [0.1, 0.15) is 0 Å². The standard InChI is InChI=1S/C8H14O3/c9-8-5-10-3-6(8)1-2-7-4-11-7/h6-9H,1-5H2. The third kappa shape index (κ3) is 1.92. The zero-order chi connectivity index (χ0) is 7.68. The highest BCUT2D eigenvalue weighted by atomic mass is 16.6. The molecule has 2 aliphatic heterocycles. The molecule has 0 aliphatic carbocycles. The molecule has 0 bridgehead atoms. The molecule has 2 aliphatic rings. The molecule has 2 fully saturated rings. The second kappa shape index (κ2) is 3.09. The summed E-state index contributed by atoms with van der Waals surface area (Å²) >= 11 is 0. The molecule has 2 saturated heterocycles. The van der Waals surface area contributed by atoms with Gasteiger partial charge in [-0.25, -0.2) is 0 Å². The first-order valence-corrected chi connectivity index (χ1v) is 4.23. The lowest BCUT2D eigenvalue weighted by Gasteiger charge is -2.09. The summed E-state index contributed by atoms with van der Waals surface area (Å²) in [5.41, 5.74) is 0. The Morgan fingerprint density at radius 1 is 1.18 bits per heavy atom. The van der Waals surface area contributed by atoms with Crippen molar-refractivity contribution in [3.8, 4) is 0 Å². The normalized spacial score (nSPS) is 42.8. The van der Waals surface area contributed by atoms with Crippen LogP contribution < -0.4 is 0 Å². The Bertz CT molecular complexity index is 133. The van der Waals surface area contributed by atoms with Gasteiger partial charge in [-0.05, 0) is 12.8 Å². The summed E-state index contributed by atoms with van der Waals surface area (Å²) in [6, 6.07) is 0. The predicted octanol–water partition coefficient (Wildman–Crippen LogP) is 0.173. The third-order valence-electron chi connectivity index (χ3n) is 2.43. The van der Waals surface area contributed by atoms with Crippen LogP contribution in [0.5, 0.6) is 0 Å². The molecule has 64 valence electrons. The van der Waals surface area contributed by atoms with E-state index >= 15 is 0 Å². The maximum atomic E-state index is 9.36. The van der Waals surface area contributed by atoms with Gasteiger partial charge in [0, 0.05) is 5.92 Å². The van der Waals surface area contributed by atoms with Gasteiger partial charge >= 0.3 is 0 Å². The molecule has 1 N–H and O–H groups in total. The average Bonchev–Trinajstić information content (AvgIpc) is 2.73. The second-order valence-electron chi connectivity index (χ2n) is 3.40. The second-order valence-corrected chi connectivity index (χ2v) is 3.40. The van der Waals surface area contributed by atoms with Crippen LogP contribution in [0.3, 0.4) is 0 Å². The summed E-state index contributed by atoms with van der Waals surface area (Å²) in [4.78, 5) is 0. The van der Waals surface area contributed by atoms with E-state index in [-0.39, 0.29) is 6.10 Å². The van der Waals surface area contributed by atoms with E-state index in [0.717, 1.165) is 26.1 Å². The Morgan fingerprint density at radius 2 is 2.00 bits per heavy atom. The number of ether oxygens (including phenoxy) is 2. The van der Waals surface area contributed by atoms with E-state index in [1.807, 2.05) is 0 Å². The summed E-state index contributed by atoms with van der Waals surface area (Å²) in [6.45, 7) is 2.17. The Kier molecular flexibility index (Phi) is 2.11. The minimum atomic E-state index is -0.228. The first-order valence-electron chi connectivity index (χ1n) is 4.23. The fourth-order valence-electron chi connectivity index (χ4n) is 1.50. The van der Waals surface area contributed by atoms with Crippen LogP contribution in [0.25, 0.3) is 0 Å². The van der Waals surface area contributed by atoms with Crippen molar-refractivity contribution in [1.82, 2.24) is 0 Å². The van der Waals surface area contributed by atoms with Crippen LogP contribution in [0.15, 0.2) is 0 Å². The van der Waals surface area contributed by atoms with Crippen molar-refractivity contribution in [1.29, 1.82) is 0 Å². The van der Waals surface area contributed by atoms with Gasteiger partial charge in [-0.1, -0.05) is 0 Å². The zero-order valence-corrected chi connectivity index (χ0v) is 6.53. The summed E-state index contributed by atoms with van der Waals surface area (Å²) in [5.74, 6) is 0.360. The largest absolute Gasteiger partial charge is 0.390 e. The number of rotatable bonds is 3. The van der Waals surface area contributed by atoms with Crippen molar-refractivity contribution in [2.45, 2.75) is 25.0 Å². The van der Waals surface area contributed by atoms with Gasteiger partial charge in [0.05, 0.1) is 32.0 Å². The first-order chi connectivity index (χ1) is 5.36. The molecule has 3 atom stereocenters. The van der Waals surface area contributed by atoms with E-state index in [4.69, 9.17) is 9.47 Å². The molecule has 11 heavy (non-hydrogen) atoms. The lowest BCUT2D eigenvalue weighted by Crippen LogP contribution is -2.17. The van der Waals surface area contributed by atoms with Crippen LogP contribution in [-0.4, -0.2) is 37.1 Å². The predicted molar refractivity (Wildman–Crippen MR) is 39.3 cm³/mol. The van der Waals surface area contributed by atoms with Crippen LogP contribution >= 0.6 is 0 Å². The molecular formula is C8H14O3. The Labute approximate surface area is 66.3 Å². The van der Waals surface area contributed by atoms with Crippen molar-refractivity contribution in [2.24, 2.45) is 5.92 Å². The zero-order valence-electron chi connectivity index (χ0n) is 6.53. The van der Waals surface area contributed by atoms with Crippen LogP contribution in [0.2, 0.25) is 0 Å². The Morgan fingerprint density at radius 3 is 2.55 bits per heavy atom. The highest BCUT2D eigenvalue weighted by Crippen LogP contribution is 2.24. The van der Waals surface area contributed by atoms with E-state index in [1.54, 1.807) is 0 Å². The van der Waals surface area contributed by atoms with E-state index in [1.165, 1.54) is 0 Å². The fraction of sp³-hybridized carbons (Fsp3) is 1.00. The minimum absolute atomic E-state index is 0.228.